The van der Waals surface area contributed by atoms with Crippen LogP contribution in [0.15, 0.2) is 34.0 Å². The zero-order chi connectivity index (χ0) is 22.0. The van der Waals surface area contributed by atoms with Crippen molar-refractivity contribution in [1.82, 2.24) is 5.32 Å². The molecule has 0 fully saturated rings. The second-order valence-electron chi connectivity index (χ2n) is 7.00. The number of nitrogens with one attached hydrogen (secondary N) is 1. The van der Waals surface area contributed by atoms with E-state index in [1.165, 1.54) is 26.4 Å². The van der Waals surface area contributed by atoms with Gasteiger partial charge in [-0.1, -0.05) is 6.07 Å². The average Bonchev–Trinajstić information content (AvgIpc) is 2.95. The van der Waals surface area contributed by atoms with Gasteiger partial charge in [-0.2, -0.15) is 0 Å². The summed E-state index contributed by atoms with van der Waals surface area (Å²) in [5.41, 5.74) is 2.73. The largest absolute Gasteiger partial charge is 0.493 e. The minimum absolute atomic E-state index is 0.197. The maximum atomic E-state index is 12.8. The number of fused-ring (bicyclic) bond motifs is 3. The van der Waals surface area contributed by atoms with Crippen molar-refractivity contribution in [3.8, 4) is 28.4 Å². The first-order chi connectivity index (χ1) is 14.3. The first kappa shape index (κ1) is 21.8. The van der Waals surface area contributed by atoms with Crippen LogP contribution >= 0.6 is 0 Å². The molecule has 8 heteroatoms. The fourth-order valence-electron chi connectivity index (χ4n) is 3.93. The van der Waals surface area contributed by atoms with Gasteiger partial charge in [0.1, 0.15) is 0 Å². The molecule has 0 radical (unpaired) electrons. The third-order valence-electron chi connectivity index (χ3n) is 5.19. The molecule has 2 aromatic rings. The van der Waals surface area contributed by atoms with E-state index in [9.17, 15) is 13.8 Å². The van der Waals surface area contributed by atoms with Crippen molar-refractivity contribution in [2.45, 2.75) is 30.7 Å². The molecular formula is C22H25NO6S. The normalized spacial score (nSPS) is 15.8. The highest BCUT2D eigenvalue weighted by molar-refractivity contribution is 7.84. The Labute approximate surface area is 177 Å². The average molecular weight is 432 g/mol. The predicted molar refractivity (Wildman–Crippen MR) is 115 cm³/mol. The zero-order valence-electron chi connectivity index (χ0n) is 17.7. The maximum absolute atomic E-state index is 12.8. The lowest BCUT2D eigenvalue weighted by molar-refractivity contribution is -0.119. The maximum Gasteiger partial charge on any atom is 0.217 e. The van der Waals surface area contributed by atoms with Crippen LogP contribution in [0.25, 0.3) is 11.1 Å². The van der Waals surface area contributed by atoms with Crippen LogP contribution in [0.1, 0.15) is 30.5 Å². The molecule has 1 N–H and O–H groups in total. The molecule has 160 valence electrons. The van der Waals surface area contributed by atoms with Gasteiger partial charge in [0.25, 0.3) is 0 Å². The van der Waals surface area contributed by atoms with Crippen LogP contribution in [0.3, 0.4) is 0 Å². The van der Waals surface area contributed by atoms with Gasteiger partial charge >= 0.3 is 0 Å². The number of carbonyl (C=O) groups excluding carboxylic acids is 1. The van der Waals surface area contributed by atoms with Gasteiger partial charge in [-0.15, -0.1) is 0 Å². The van der Waals surface area contributed by atoms with Crippen LogP contribution in [0.4, 0.5) is 0 Å². The van der Waals surface area contributed by atoms with Crippen LogP contribution in [0.2, 0.25) is 0 Å². The topological polar surface area (TPSA) is 90.9 Å². The summed E-state index contributed by atoms with van der Waals surface area (Å²) < 4.78 is 28.8. The number of benzene rings is 1. The van der Waals surface area contributed by atoms with Crippen LogP contribution in [-0.4, -0.2) is 37.7 Å². The molecule has 0 heterocycles. The van der Waals surface area contributed by atoms with Gasteiger partial charge in [0.05, 0.1) is 43.1 Å². The van der Waals surface area contributed by atoms with E-state index in [1.807, 2.05) is 6.07 Å². The van der Waals surface area contributed by atoms with E-state index in [4.69, 9.17) is 14.2 Å². The molecule has 0 aromatic heterocycles. The molecular weight excluding hydrogens is 406 g/mol. The van der Waals surface area contributed by atoms with Crippen LogP contribution in [-0.2, 0) is 22.0 Å². The molecule has 2 aromatic carbocycles. The summed E-state index contributed by atoms with van der Waals surface area (Å²) in [6.07, 6.45) is 2.66. The van der Waals surface area contributed by atoms with E-state index >= 15 is 0 Å². The molecule has 0 unspecified atom stereocenters. The molecule has 3 rings (SSSR count). The molecule has 2 atom stereocenters. The molecule has 7 nitrogen and oxygen atoms in total. The number of methoxy groups -OCH3 is 3. The summed E-state index contributed by atoms with van der Waals surface area (Å²) in [4.78, 5) is 24.9. The number of hydrogen-bond donors (Lipinski definition) is 1. The first-order valence-corrected chi connectivity index (χ1v) is 11.0. The van der Waals surface area contributed by atoms with E-state index in [-0.39, 0.29) is 22.3 Å². The zero-order valence-corrected chi connectivity index (χ0v) is 18.5. The molecule has 0 saturated carbocycles. The number of aryl methyl sites for hydroxylation is 1. The van der Waals surface area contributed by atoms with Gasteiger partial charge in [-0.05, 0) is 47.7 Å². The van der Waals surface area contributed by atoms with Gasteiger partial charge in [-0.25, -0.2) is 0 Å². The fourth-order valence-corrected chi connectivity index (χ4v) is 4.53. The molecule has 1 aliphatic rings. The highest BCUT2D eigenvalue weighted by atomic mass is 32.2. The summed E-state index contributed by atoms with van der Waals surface area (Å²) >= 11 is 0. The van der Waals surface area contributed by atoms with E-state index in [1.54, 1.807) is 26.4 Å². The van der Waals surface area contributed by atoms with Crippen molar-refractivity contribution in [3.63, 3.8) is 0 Å². The van der Waals surface area contributed by atoms with Crippen LogP contribution in [0, 0.1) is 0 Å². The summed E-state index contributed by atoms with van der Waals surface area (Å²) in [6.45, 7) is 1.44. The summed E-state index contributed by atoms with van der Waals surface area (Å²) in [5, 5.41) is 2.94. The molecule has 30 heavy (non-hydrogen) atoms. The summed E-state index contributed by atoms with van der Waals surface area (Å²) in [7, 11) is 3.18. The molecule has 0 bridgehead atoms. The van der Waals surface area contributed by atoms with Crippen molar-refractivity contribution in [3.05, 3.63) is 45.6 Å². The Bertz CT molecular complexity index is 1080. The van der Waals surface area contributed by atoms with Crippen molar-refractivity contribution in [1.29, 1.82) is 0 Å². The van der Waals surface area contributed by atoms with Gasteiger partial charge in [0.2, 0.25) is 11.7 Å². The van der Waals surface area contributed by atoms with E-state index < -0.39 is 10.8 Å². The molecule has 0 spiro atoms. The van der Waals surface area contributed by atoms with Crippen molar-refractivity contribution < 1.29 is 23.2 Å². The highest BCUT2D eigenvalue weighted by Crippen LogP contribution is 2.50. The Hall–Kier alpha value is -2.87. The molecule has 1 amide bonds. The number of rotatable bonds is 5. The molecule has 0 aliphatic heterocycles. The third-order valence-corrected chi connectivity index (χ3v) is 6.14. The SMILES string of the molecule is COc1cc2c(c(OC)c1OC)-c1ccc([S@](C)=O)c(=O)cc1[C@@H](NC(C)=O)CC2. The Morgan fingerprint density at radius 2 is 1.80 bits per heavy atom. The number of hydrogen-bond acceptors (Lipinski definition) is 6. The minimum atomic E-state index is -1.45. The van der Waals surface area contributed by atoms with Gasteiger partial charge in [0.15, 0.2) is 16.9 Å². The standard InChI is InChI=1S/C22H25NO6S/c1-12(24)23-16-8-6-13-10-18(27-2)21(28-3)22(29-4)20(13)14-7-9-19(30(5)26)17(25)11-15(14)16/h7,9-11,16H,6,8H2,1-5H3,(H,23,24)/t16-,30-/m0/s1. The van der Waals surface area contributed by atoms with E-state index in [0.29, 0.717) is 41.2 Å². The second-order valence-corrected chi connectivity index (χ2v) is 8.35. The quantitative estimate of drug-likeness (QED) is 0.783. The predicted octanol–water partition coefficient (Wildman–Crippen LogP) is 2.60. The Kier molecular flexibility index (Phi) is 6.45. The van der Waals surface area contributed by atoms with E-state index in [2.05, 4.69) is 5.32 Å². The number of carbonyl (C=O) groups is 1. The van der Waals surface area contributed by atoms with E-state index in [0.717, 1.165) is 11.1 Å². The fraction of sp³-hybridized carbons (Fsp3) is 0.364. The van der Waals surface area contributed by atoms with Gasteiger partial charge < -0.3 is 19.5 Å². The second kappa shape index (κ2) is 8.87. The first-order valence-electron chi connectivity index (χ1n) is 9.43. The third kappa shape index (κ3) is 3.92. The summed E-state index contributed by atoms with van der Waals surface area (Å²) in [5.74, 6) is 1.26. The number of ether oxygens (including phenoxy) is 3. The Morgan fingerprint density at radius 3 is 2.37 bits per heavy atom. The molecule has 1 aliphatic carbocycles. The minimum Gasteiger partial charge on any atom is -0.493 e. The van der Waals surface area contributed by atoms with Crippen molar-refractivity contribution in [2.75, 3.05) is 27.6 Å². The van der Waals surface area contributed by atoms with Crippen LogP contribution < -0.4 is 25.0 Å². The Balaban J connectivity index is 2.44. The lowest BCUT2D eigenvalue weighted by atomic mass is 9.95. The van der Waals surface area contributed by atoms with Crippen LogP contribution in [0.5, 0.6) is 17.2 Å². The lowest BCUT2D eigenvalue weighted by Crippen LogP contribution is -2.26. The van der Waals surface area contributed by atoms with Crippen molar-refractivity contribution >= 4 is 16.7 Å². The monoisotopic (exact) mass is 431 g/mol. The highest BCUT2D eigenvalue weighted by Gasteiger charge is 2.29. The van der Waals surface area contributed by atoms with Gasteiger partial charge in [-0.3, -0.25) is 13.8 Å². The molecule has 0 saturated heterocycles. The van der Waals surface area contributed by atoms with Gasteiger partial charge in [0, 0.05) is 18.7 Å². The smallest absolute Gasteiger partial charge is 0.217 e. The summed E-state index contributed by atoms with van der Waals surface area (Å²) in [6, 6.07) is 6.32. The lowest BCUT2D eigenvalue weighted by Gasteiger charge is -2.19. The number of amides is 1. The Morgan fingerprint density at radius 1 is 1.10 bits per heavy atom. The van der Waals surface area contributed by atoms with Crippen molar-refractivity contribution in [2.24, 2.45) is 0 Å².